The number of nitrogens with zero attached hydrogens (tertiary/aromatic N) is 4. The van der Waals surface area contributed by atoms with Crippen LogP contribution in [0.1, 0.15) is 25.5 Å². The Hall–Kier alpha value is -3.08. The quantitative estimate of drug-likeness (QED) is 0.495. The van der Waals surface area contributed by atoms with Gasteiger partial charge in [0.15, 0.2) is 0 Å². The Balaban J connectivity index is 1.37. The number of pyridine rings is 1. The molecule has 3 N–H and O–H groups in total. The number of anilines is 1. The highest BCUT2D eigenvalue weighted by Gasteiger charge is 2.45. The fraction of sp³-hybridized carbons (Fsp3) is 0.429. The van der Waals surface area contributed by atoms with Crippen molar-refractivity contribution in [2.45, 2.75) is 50.6 Å². The fourth-order valence-electron chi connectivity index (χ4n) is 4.09. The van der Waals surface area contributed by atoms with Gasteiger partial charge in [-0.25, -0.2) is 22.5 Å². The molecule has 3 aromatic heterocycles. The van der Waals surface area contributed by atoms with Crippen LogP contribution in [0.25, 0.3) is 22.3 Å². The van der Waals surface area contributed by atoms with Gasteiger partial charge < -0.3 is 15.6 Å². The second-order valence-corrected chi connectivity index (χ2v) is 8.24. The number of halogens is 4. The summed E-state index contributed by atoms with van der Waals surface area (Å²) in [4.78, 5) is 21.0. The maximum atomic E-state index is 13.0. The number of hydrogen-bond acceptors (Lipinski definition) is 6. The summed E-state index contributed by atoms with van der Waals surface area (Å²) < 4.78 is 51.3. The molecule has 11 heteroatoms. The van der Waals surface area contributed by atoms with E-state index in [1.807, 2.05) is 19.1 Å². The lowest BCUT2D eigenvalue weighted by Gasteiger charge is -2.35. The van der Waals surface area contributed by atoms with Gasteiger partial charge in [0.05, 0.1) is 29.7 Å². The highest BCUT2D eigenvalue weighted by Crippen LogP contribution is 2.39. The van der Waals surface area contributed by atoms with Crippen molar-refractivity contribution in [3.63, 3.8) is 0 Å². The summed E-state index contributed by atoms with van der Waals surface area (Å²) in [6.07, 6.45) is 0.972. The van der Waals surface area contributed by atoms with Crippen LogP contribution in [0.2, 0.25) is 0 Å². The summed E-state index contributed by atoms with van der Waals surface area (Å²) in [5.41, 5.74) is 4.22. The average molecular weight is 447 g/mol. The average Bonchev–Trinajstić information content (AvgIpc) is 3.14. The van der Waals surface area contributed by atoms with E-state index in [0.29, 0.717) is 23.7 Å². The van der Waals surface area contributed by atoms with Gasteiger partial charge in [0.2, 0.25) is 5.95 Å². The Morgan fingerprint density at radius 3 is 2.78 bits per heavy atom. The number of aromatic amines is 1. The summed E-state index contributed by atoms with van der Waals surface area (Å²) in [5, 5.41) is 6.50. The summed E-state index contributed by atoms with van der Waals surface area (Å²) >= 11 is 0. The minimum atomic E-state index is -2.62. The number of fused-ring (bicyclic) bond motifs is 2. The molecule has 0 saturated heterocycles. The van der Waals surface area contributed by atoms with Gasteiger partial charge in [-0.15, -0.1) is 0 Å². The predicted octanol–water partition coefficient (Wildman–Crippen LogP) is 4.10. The Bertz CT molecular complexity index is 1180. The number of H-pyrrole nitrogens is 1. The van der Waals surface area contributed by atoms with Crippen molar-refractivity contribution < 1.29 is 17.6 Å². The third-order valence-electron chi connectivity index (χ3n) is 5.80. The van der Waals surface area contributed by atoms with Crippen molar-refractivity contribution >= 4 is 28.4 Å². The van der Waals surface area contributed by atoms with E-state index in [-0.39, 0.29) is 24.9 Å². The van der Waals surface area contributed by atoms with Crippen LogP contribution in [0.5, 0.6) is 0 Å². The molecule has 0 aromatic carbocycles. The van der Waals surface area contributed by atoms with Crippen LogP contribution < -0.4 is 10.6 Å². The first-order chi connectivity index (χ1) is 15.3. The number of rotatable bonds is 6. The molecular weight excluding hydrogens is 426 g/mol. The van der Waals surface area contributed by atoms with Crippen molar-refractivity contribution in [2.75, 3.05) is 11.9 Å². The van der Waals surface area contributed by atoms with Crippen LogP contribution in [0.3, 0.4) is 0 Å². The molecule has 4 heterocycles. The molecule has 32 heavy (non-hydrogen) atoms. The molecule has 1 atom stereocenters. The Labute approximate surface area is 180 Å². The standard InChI is InChI=1S/C21H21F4N7/c1-10-16(26-9-18(22)23)4-17-15(29-10)3-2-14(31-17)12-7-27-19-13(12)8-28-20(32-19)30-11-5-21(24,25)6-11/h2-3,7-8,11,16,18,26H,4-6,9H2,1H3,(H2,27,28,30,32)/t16-/m0/s1. The van der Waals surface area contributed by atoms with Gasteiger partial charge in [-0.05, 0) is 19.1 Å². The van der Waals surface area contributed by atoms with Crippen molar-refractivity contribution in [1.29, 1.82) is 0 Å². The van der Waals surface area contributed by atoms with Crippen LogP contribution in [-0.4, -0.2) is 56.6 Å². The lowest BCUT2D eigenvalue weighted by Crippen LogP contribution is -2.44. The lowest BCUT2D eigenvalue weighted by molar-refractivity contribution is -0.0794. The number of alkyl halides is 4. The van der Waals surface area contributed by atoms with E-state index in [9.17, 15) is 17.6 Å². The van der Waals surface area contributed by atoms with Crippen molar-refractivity contribution in [3.05, 3.63) is 30.2 Å². The molecule has 0 amide bonds. The molecule has 1 aliphatic carbocycles. The van der Waals surface area contributed by atoms with Crippen LogP contribution in [0.15, 0.2) is 29.5 Å². The SMILES string of the molecule is CC1=Nc2ccc(-c3c[nH]c4nc(NC5CC(F)(F)C5)ncc34)nc2C[C@@H]1NCC(F)F. The second-order valence-electron chi connectivity index (χ2n) is 8.24. The van der Waals surface area contributed by atoms with Crippen LogP contribution >= 0.6 is 0 Å². The lowest BCUT2D eigenvalue weighted by atomic mass is 9.88. The zero-order chi connectivity index (χ0) is 22.5. The first-order valence-corrected chi connectivity index (χ1v) is 10.3. The van der Waals surface area contributed by atoms with Gasteiger partial charge in [-0.1, -0.05) is 0 Å². The van der Waals surface area contributed by atoms with E-state index < -0.39 is 18.9 Å². The molecule has 0 spiro atoms. The number of hydrogen-bond donors (Lipinski definition) is 3. The minimum Gasteiger partial charge on any atom is -0.351 e. The Kier molecular flexibility index (Phi) is 5.07. The molecule has 2 aliphatic rings. The minimum absolute atomic E-state index is 0.224. The van der Waals surface area contributed by atoms with E-state index >= 15 is 0 Å². The molecule has 0 unspecified atom stereocenters. The van der Waals surface area contributed by atoms with E-state index in [1.54, 1.807) is 12.4 Å². The van der Waals surface area contributed by atoms with Gasteiger partial charge in [0.1, 0.15) is 5.65 Å². The maximum absolute atomic E-state index is 13.0. The number of nitrogens with one attached hydrogen (secondary N) is 3. The third-order valence-corrected chi connectivity index (χ3v) is 5.80. The van der Waals surface area contributed by atoms with Crippen molar-refractivity contribution in [2.24, 2.45) is 4.99 Å². The molecular formula is C21H21F4N7. The molecule has 0 bridgehead atoms. The van der Waals surface area contributed by atoms with Gasteiger partial charge in [-0.3, -0.25) is 9.98 Å². The van der Waals surface area contributed by atoms with Crippen LogP contribution in [-0.2, 0) is 6.42 Å². The van der Waals surface area contributed by atoms with E-state index in [0.717, 1.165) is 28.0 Å². The largest absolute Gasteiger partial charge is 0.351 e. The van der Waals surface area contributed by atoms with Gasteiger partial charge in [-0.2, -0.15) is 4.98 Å². The molecule has 168 valence electrons. The van der Waals surface area contributed by atoms with E-state index in [2.05, 4.69) is 30.6 Å². The summed E-state index contributed by atoms with van der Waals surface area (Å²) in [7, 11) is 0. The van der Waals surface area contributed by atoms with Gasteiger partial charge in [0, 0.05) is 54.4 Å². The van der Waals surface area contributed by atoms with Gasteiger partial charge >= 0.3 is 0 Å². The number of aromatic nitrogens is 4. The summed E-state index contributed by atoms with van der Waals surface area (Å²) in [6.45, 7) is 1.41. The topological polar surface area (TPSA) is 90.9 Å². The highest BCUT2D eigenvalue weighted by molar-refractivity contribution is 5.94. The number of aliphatic imine (C=N–C) groups is 1. The molecule has 5 rings (SSSR count). The zero-order valence-corrected chi connectivity index (χ0v) is 17.2. The van der Waals surface area contributed by atoms with Crippen molar-refractivity contribution in [3.8, 4) is 11.3 Å². The monoisotopic (exact) mass is 447 g/mol. The van der Waals surface area contributed by atoms with Crippen molar-refractivity contribution in [1.82, 2.24) is 25.3 Å². The predicted molar refractivity (Wildman–Crippen MR) is 113 cm³/mol. The molecule has 1 fully saturated rings. The second kappa shape index (κ2) is 7.80. The highest BCUT2D eigenvalue weighted by atomic mass is 19.3. The molecule has 0 radical (unpaired) electrons. The smallest absolute Gasteiger partial charge is 0.252 e. The Morgan fingerprint density at radius 1 is 1.22 bits per heavy atom. The Morgan fingerprint density at radius 2 is 2.03 bits per heavy atom. The third kappa shape index (κ3) is 4.04. The van der Waals surface area contributed by atoms with Crippen LogP contribution in [0.4, 0.5) is 29.2 Å². The summed E-state index contributed by atoms with van der Waals surface area (Å²) in [6, 6.07) is 3.07. The maximum Gasteiger partial charge on any atom is 0.252 e. The van der Waals surface area contributed by atoms with Gasteiger partial charge in [0.25, 0.3) is 12.3 Å². The van der Waals surface area contributed by atoms with Crippen LogP contribution in [0, 0.1) is 0 Å². The first kappa shape index (κ1) is 20.8. The fourth-order valence-corrected chi connectivity index (χ4v) is 4.09. The summed E-state index contributed by atoms with van der Waals surface area (Å²) in [5.74, 6) is -2.32. The zero-order valence-electron chi connectivity index (χ0n) is 17.2. The normalized spacial score (nSPS) is 20.2. The molecule has 3 aromatic rings. The van der Waals surface area contributed by atoms with E-state index in [1.165, 1.54) is 0 Å². The molecule has 1 saturated carbocycles. The van der Waals surface area contributed by atoms with E-state index in [4.69, 9.17) is 4.98 Å². The molecule has 7 nitrogen and oxygen atoms in total. The first-order valence-electron chi connectivity index (χ1n) is 10.3. The molecule has 1 aliphatic heterocycles.